The quantitative estimate of drug-likeness (QED) is 0.288. The molecule has 0 N–H and O–H groups in total. The van der Waals surface area contributed by atoms with Crippen molar-refractivity contribution in [3.05, 3.63) is 34.6 Å². The van der Waals surface area contributed by atoms with Crippen molar-refractivity contribution in [2.45, 2.75) is 19.8 Å². The van der Waals surface area contributed by atoms with Crippen molar-refractivity contribution >= 4 is 21.8 Å². The first-order chi connectivity index (χ1) is 7.29. The topological polar surface area (TPSA) is 0 Å². The summed E-state index contributed by atoms with van der Waals surface area (Å²) < 4.78 is 68.3. The Morgan fingerprint density at radius 3 is 1.38 bits per heavy atom. The molecule has 0 saturated carbocycles. The van der Waals surface area contributed by atoms with Gasteiger partial charge < -0.3 is 0 Å². The summed E-state index contributed by atoms with van der Waals surface area (Å²) >= 11 is -2.15. The molecule has 0 heterocycles. The summed E-state index contributed by atoms with van der Waals surface area (Å²) in [5.41, 5.74) is -0.654. The Labute approximate surface area is 98.1 Å². The molecule has 0 saturated heterocycles. The van der Waals surface area contributed by atoms with E-state index in [0.717, 1.165) is 0 Å². The molecule has 0 amide bonds. The summed E-state index contributed by atoms with van der Waals surface area (Å²) in [5.74, 6) is -9.18. The van der Waals surface area contributed by atoms with Crippen LogP contribution in [0, 0.1) is 29.1 Å². The van der Waals surface area contributed by atoms with E-state index < -0.39 is 60.0 Å². The molecule has 1 aromatic rings. The minimum absolute atomic E-state index is 0.542. The Morgan fingerprint density at radius 1 is 0.750 bits per heavy atom. The van der Waals surface area contributed by atoms with E-state index in [1.807, 2.05) is 9.26 Å². The van der Waals surface area contributed by atoms with E-state index in [4.69, 9.17) is 0 Å². The Bertz CT molecular complexity index is 387. The van der Waals surface area contributed by atoms with Crippen LogP contribution < -0.4 is 0 Å². The van der Waals surface area contributed by atoms with Crippen molar-refractivity contribution in [3.8, 4) is 0 Å². The van der Waals surface area contributed by atoms with E-state index in [2.05, 4.69) is 0 Å². The van der Waals surface area contributed by atoms with Gasteiger partial charge in [-0.2, -0.15) is 0 Å². The van der Waals surface area contributed by atoms with Crippen molar-refractivity contribution in [2.75, 3.05) is 0 Å². The minimum atomic E-state index is -2.15. The first-order valence-corrected chi connectivity index (χ1v) is 13.4. The van der Waals surface area contributed by atoms with Crippen LogP contribution in [0.25, 0.3) is 0 Å². The van der Waals surface area contributed by atoms with Gasteiger partial charge in [0.2, 0.25) is 0 Å². The van der Waals surface area contributed by atoms with Crippen LogP contribution in [0.2, 0.25) is 9.26 Å². The van der Waals surface area contributed by atoms with Crippen LogP contribution in [-0.2, 0) is 0 Å². The molecule has 1 unspecified atom stereocenters. The molecule has 0 radical (unpaired) electrons. The van der Waals surface area contributed by atoms with Crippen molar-refractivity contribution in [1.29, 1.82) is 0 Å². The number of hydrogen-bond donors (Lipinski definition) is 0. The first-order valence-electron chi connectivity index (χ1n) is 4.46. The van der Waals surface area contributed by atoms with Gasteiger partial charge in [-0.3, -0.25) is 0 Å². The number of rotatable bonds is 2. The molecule has 1 rings (SSSR count). The average Bonchev–Trinajstić information content (AvgIpc) is 2.23. The van der Waals surface area contributed by atoms with Gasteiger partial charge in [-0.1, -0.05) is 0 Å². The van der Waals surface area contributed by atoms with Gasteiger partial charge in [-0.05, 0) is 0 Å². The van der Waals surface area contributed by atoms with E-state index in [1.54, 1.807) is 0 Å². The third-order valence-corrected chi connectivity index (χ3v) is 9.46. The number of hydrogen-bond acceptors (Lipinski definition) is 0. The van der Waals surface area contributed by atoms with Gasteiger partial charge >= 0.3 is 98.2 Å². The van der Waals surface area contributed by atoms with E-state index in [9.17, 15) is 22.0 Å². The van der Waals surface area contributed by atoms with Gasteiger partial charge in [-0.15, -0.1) is 0 Å². The third-order valence-electron chi connectivity index (χ3n) is 2.44. The van der Waals surface area contributed by atoms with Crippen LogP contribution in [0.1, 0.15) is 16.1 Å². The average molecular weight is 434 g/mol. The second-order valence-electron chi connectivity index (χ2n) is 3.62. The van der Waals surface area contributed by atoms with Crippen LogP contribution >= 0.6 is 0 Å². The van der Waals surface area contributed by atoms with Gasteiger partial charge in [0.05, 0.1) is 0 Å². The summed E-state index contributed by atoms with van der Waals surface area (Å²) in [7, 11) is 0. The van der Waals surface area contributed by atoms with Gasteiger partial charge in [-0.25, -0.2) is 0 Å². The molecule has 0 aliphatic carbocycles. The zero-order valence-corrected chi connectivity index (χ0v) is 12.4. The molecule has 0 aromatic heterocycles. The van der Waals surface area contributed by atoms with Crippen LogP contribution in [-0.4, -0.2) is 21.8 Å². The van der Waals surface area contributed by atoms with Crippen LogP contribution in [0.5, 0.6) is 0 Å². The van der Waals surface area contributed by atoms with Gasteiger partial charge in [0, 0.05) is 0 Å². The van der Waals surface area contributed by atoms with E-state index in [1.165, 1.54) is 6.92 Å². The van der Waals surface area contributed by atoms with E-state index in [-0.39, 0.29) is 0 Å². The van der Waals surface area contributed by atoms with Gasteiger partial charge in [0.1, 0.15) is 0 Å². The molecular formula is C10H10BiF5. The van der Waals surface area contributed by atoms with Crippen LogP contribution in [0.15, 0.2) is 0 Å². The molecule has 1 atom stereocenters. The SMILES string of the molecule is C[CH](c1c(F)c(F)c(F)c(F)c1F)[Bi]([CH3])[CH3]. The molecule has 0 spiro atoms. The fraction of sp³-hybridized carbons (Fsp3) is 0.400. The predicted molar refractivity (Wildman–Crippen MR) is 52.1 cm³/mol. The summed E-state index contributed by atoms with van der Waals surface area (Å²) in [6.45, 7) is 1.51. The molecule has 0 bridgehead atoms. The zero-order chi connectivity index (χ0) is 12.6. The Balaban J connectivity index is 3.51. The maximum atomic E-state index is 13.3. The van der Waals surface area contributed by atoms with E-state index in [0.29, 0.717) is 0 Å². The first kappa shape index (κ1) is 13.8. The van der Waals surface area contributed by atoms with E-state index >= 15 is 0 Å². The monoisotopic (exact) mass is 434 g/mol. The normalized spacial score (nSPS) is 13.3. The van der Waals surface area contributed by atoms with Crippen LogP contribution in [0.4, 0.5) is 22.0 Å². The Morgan fingerprint density at radius 2 is 1.06 bits per heavy atom. The number of benzene rings is 1. The third kappa shape index (κ3) is 2.22. The molecule has 0 fully saturated rings. The second kappa shape index (κ2) is 4.95. The zero-order valence-electron chi connectivity index (χ0n) is 8.91. The summed E-state index contributed by atoms with van der Waals surface area (Å²) in [5, 5.41) is 0. The second-order valence-corrected chi connectivity index (χ2v) is 14.1. The molecule has 0 aliphatic heterocycles. The summed E-state index contributed by atoms with van der Waals surface area (Å²) in [6, 6.07) is 0. The Hall–Kier alpha value is -0.247. The summed E-state index contributed by atoms with van der Waals surface area (Å²) in [6.07, 6.45) is 0. The molecule has 16 heavy (non-hydrogen) atoms. The maximum absolute atomic E-state index is 13.3. The van der Waals surface area contributed by atoms with Gasteiger partial charge in [0.25, 0.3) is 0 Å². The van der Waals surface area contributed by atoms with Crippen molar-refractivity contribution in [3.63, 3.8) is 0 Å². The molecule has 1 aromatic carbocycles. The summed E-state index contributed by atoms with van der Waals surface area (Å²) in [4.78, 5) is 0. The van der Waals surface area contributed by atoms with Crippen LogP contribution in [0.3, 0.4) is 0 Å². The fourth-order valence-electron chi connectivity index (χ4n) is 1.25. The molecule has 0 aliphatic rings. The number of halogens is 5. The van der Waals surface area contributed by atoms with Crippen molar-refractivity contribution in [1.82, 2.24) is 0 Å². The standard InChI is InChI=1S/C8H4F5.2CH3.Bi/c1-2-3-4(9)6(11)8(13)7(12)5(3)10;;;/h2H,1H3;2*1H3;. The van der Waals surface area contributed by atoms with Gasteiger partial charge in [0.15, 0.2) is 0 Å². The molecule has 0 nitrogen and oxygen atoms in total. The fourth-order valence-corrected chi connectivity index (χ4v) is 4.14. The Kier molecular flexibility index (Phi) is 4.27. The molecule has 90 valence electrons. The predicted octanol–water partition coefficient (Wildman–Crippen LogP) is 3.78. The molecule has 6 heteroatoms. The van der Waals surface area contributed by atoms with Crippen molar-refractivity contribution < 1.29 is 22.0 Å². The molecular weight excluding hydrogens is 424 g/mol. The van der Waals surface area contributed by atoms with Crippen molar-refractivity contribution in [2.24, 2.45) is 0 Å².